The number of hydrogen-bond acceptors (Lipinski definition) is 4. The van der Waals surface area contributed by atoms with E-state index in [1.807, 2.05) is 0 Å². The second-order valence-corrected chi connectivity index (χ2v) is 5.13. The average Bonchev–Trinajstić information content (AvgIpc) is 2.97. The zero-order chi connectivity index (χ0) is 15.9. The van der Waals surface area contributed by atoms with E-state index in [0.29, 0.717) is 21.5 Å². The Morgan fingerprint density at radius 1 is 1.18 bits per heavy atom. The number of carbonyl (C=O) groups is 2. The molecule has 0 saturated heterocycles. The van der Waals surface area contributed by atoms with Gasteiger partial charge in [0, 0.05) is 5.02 Å². The van der Waals surface area contributed by atoms with Gasteiger partial charge in [-0.15, -0.1) is 0 Å². The number of amides is 3. The summed E-state index contributed by atoms with van der Waals surface area (Å²) in [5.74, 6) is 0.0941. The third kappa shape index (κ3) is 4.98. The summed E-state index contributed by atoms with van der Waals surface area (Å²) in [6.07, 6.45) is 1.50. The summed E-state index contributed by atoms with van der Waals surface area (Å²) in [7, 11) is 0. The van der Waals surface area contributed by atoms with Crippen molar-refractivity contribution in [2.75, 3.05) is 11.9 Å². The van der Waals surface area contributed by atoms with Crippen LogP contribution in [-0.4, -0.2) is 18.5 Å². The summed E-state index contributed by atoms with van der Waals surface area (Å²) >= 11 is 11.7. The molecule has 2 aromatic rings. The fourth-order valence-electron chi connectivity index (χ4n) is 1.60. The Kier molecular flexibility index (Phi) is 5.68. The lowest BCUT2D eigenvalue weighted by atomic mass is 10.3. The van der Waals surface area contributed by atoms with Crippen molar-refractivity contribution in [3.8, 4) is 0 Å². The molecule has 0 saturated carbocycles. The summed E-state index contributed by atoms with van der Waals surface area (Å²) in [6.45, 7) is 0.0953. The largest absolute Gasteiger partial charge is 0.467 e. The van der Waals surface area contributed by atoms with E-state index in [9.17, 15) is 9.59 Å². The van der Waals surface area contributed by atoms with Crippen LogP contribution in [0.2, 0.25) is 10.0 Å². The molecule has 0 spiro atoms. The second-order valence-electron chi connectivity index (χ2n) is 4.29. The Morgan fingerprint density at radius 3 is 2.68 bits per heavy atom. The normalized spacial score (nSPS) is 10.1. The molecule has 3 amide bonds. The molecule has 0 aliphatic heterocycles. The van der Waals surface area contributed by atoms with E-state index < -0.39 is 11.9 Å². The van der Waals surface area contributed by atoms with Gasteiger partial charge in [0.15, 0.2) is 0 Å². The Bertz CT molecular complexity index is 659. The Morgan fingerprint density at radius 2 is 2.00 bits per heavy atom. The predicted octanol–water partition coefficient (Wildman–Crippen LogP) is 3.02. The lowest BCUT2D eigenvalue weighted by Crippen LogP contribution is -2.41. The van der Waals surface area contributed by atoms with Crippen LogP contribution in [0.25, 0.3) is 0 Å². The van der Waals surface area contributed by atoms with Gasteiger partial charge in [0.1, 0.15) is 5.76 Å². The van der Waals surface area contributed by atoms with Crippen molar-refractivity contribution >= 4 is 40.8 Å². The van der Waals surface area contributed by atoms with Crippen LogP contribution in [0.4, 0.5) is 10.5 Å². The highest BCUT2D eigenvalue weighted by Crippen LogP contribution is 2.24. The van der Waals surface area contributed by atoms with Gasteiger partial charge < -0.3 is 15.1 Å². The summed E-state index contributed by atoms with van der Waals surface area (Å²) in [4.78, 5) is 23.2. The van der Waals surface area contributed by atoms with E-state index in [1.54, 1.807) is 30.3 Å². The summed E-state index contributed by atoms with van der Waals surface area (Å²) in [5.41, 5.74) is 0.553. The minimum absolute atomic E-state index is 0.102. The van der Waals surface area contributed by atoms with E-state index in [0.717, 1.165) is 0 Å². The highest BCUT2D eigenvalue weighted by atomic mass is 35.5. The number of carbonyl (C=O) groups excluding carboxylic acids is 2. The number of halogens is 2. The van der Waals surface area contributed by atoms with Gasteiger partial charge >= 0.3 is 6.03 Å². The molecule has 1 aromatic carbocycles. The highest BCUT2D eigenvalue weighted by Gasteiger charge is 2.09. The number of benzene rings is 1. The summed E-state index contributed by atoms with van der Waals surface area (Å²) < 4.78 is 5.05. The van der Waals surface area contributed by atoms with Crippen molar-refractivity contribution in [2.24, 2.45) is 0 Å². The fourth-order valence-corrected chi connectivity index (χ4v) is 2.08. The molecule has 0 atom stereocenters. The van der Waals surface area contributed by atoms with Crippen molar-refractivity contribution in [1.82, 2.24) is 10.6 Å². The van der Waals surface area contributed by atoms with Gasteiger partial charge in [0.2, 0.25) is 5.91 Å². The van der Waals surface area contributed by atoms with Crippen molar-refractivity contribution in [2.45, 2.75) is 6.54 Å². The molecule has 116 valence electrons. The molecule has 3 N–H and O–H groups in total. The first-order valence-corrected chi connectivity index (χ1v) is 7.09. The Balaban J connectivity index is 1.74. The van der Waals surface area contributed by atoms with Gasteiger partial charge in [-0.1, -0.05) is 23.2 Å². The predicted molar refractivity (Wildman–Crippen MR) is 84.0 cm³/mol. The third-order valence-electron chi connectivity index (χ3n) is 2.63. The quantitative estimate of drug-likeness (QED) is 0.780. The van der Waals surface area contributed by atoms with Crippen LogP contribution in [0.5, 0.6) is 0 Å². The first-order valence-electron chi connectivity index (χ1n) is 6.33. The van der Waals surface area contributed by atoms with Crippen LogP contribution < -0.4 is 16.0 Å². The fraction of sp³-hybridized carbons (Fsp3) is 0.143. The van der Waals surface area contributed by atoms with E-state index in [2.05, 4.69) is 16.0 Å². The van der Waals surface area contributed by atoms with Crippen LogP contribution >= 0.6 is 23.2 Å². The van der Waals surface area contributed by atoms with E-state index in [1.165, 1.54) is 6.26 Å². The van der Waals surface area contributed by atoms with Crippen LogP contribution in [0.1, 0.15) is 5.76 Å². The van der Waals surface area contributed by atoms with Crippen LogP contribution in [-0.2, 0) is 11.3 Å². The molecular formula is C14H13Cl2N3O3. The monoisotopic (exact) mass is 341 g/mol. The Hall–Kier alpha value is -2.18. The lowest BCUT2D eigenvalue weighted by Gasteiger charge is -2.09. The zero-order valence-electron chi connectivity index (χ0n) is 11.4. The van der Waals surface area contributed by atoms with Gasteiger partial charge in [0.05, 0.1) is 30.1 Å². The molecule has 0 fully saturated rings. The number of hydrogen-bond donors (Lipinski definition) is 3. The van der Waals surface area contributed by atoms with Gasteiger partial charge in [-0.3, -0.25) is 10.1 Å². The zero-order valence-corrected chi connectivity index (χ0v) is 12.9. The van der Waals surface area contributed by atoms with Gasteiger partial charge in [-0.25, -0.2) is 4.79 Å². The standard InChI is InChI=1S/C14H13Cl2N3O3/c15-9-3-4-12(11(16)6-9)17-8-13(20)19-14(21)18-7-10-2-1-5-22-10/h1-6,17H,7-8H2,(H2,18,19,20,21). The first kappa shape index (κ1) is 16.2. The summed E-state index contributed by atoms with van der Waals surface area (Å²) in [6, 6.07) is 7.66. The second kappa shape index (κ2) is 7.72. The molecule has 2 rings (SSSR count). The first-order chi connectivity index (χ1) is 10.5. The number of furan rings is 1. The Labute approximate surface area is 136 Å². The topological polar surface area (TPSA) is 83.4 Å². The molecule has 0 radical (unpaired) electrons. The van der Waals surface area contributed by atoms with Crippen molar-refractivity contribution < 1.29 is 14.0 Å². The molecule has 8 heteroatoms. The number of urea groups is 1. The van der Waals surface area contributed by atoms with Crippen molar-refractivity contribution in [3.63, 3.8) is 0 Å². The smallest absolute Gasteiger partial charge is 0.321 e. The number of rotatable bonds is 5. The molecular weight excluding hydrogens is 329 g/mol. The summed E-state index contributed by atoms with van der Waals surface area (Å²) in [5, 5.41) is 8.38. The van der Waals surface area contributed by atoms with E-state index in [4.69, 9.17) is 27.6 Å². The van der Waals surface area contributed by atoms with Crippen LogP contribution in [0.3, 0.4) is 0 Å². The van der Waals surface area contributed by atoms with E-state index in [-0.39, 0.29) is 13.1 Å². The molecule has 0 bridgehead atoms. The third-order valence-corrected chi connectivity index (χ3v) is 3.17. The lowest BCUT2D eigenvalue weighted by molar-refractivity contribution is -0.118. The van der Waals surface area contributed by atoms with Gasteiger partial charge in [0.25, 0.3) is 0 Å². The highest BCUT2D eigenvalue weighted by molar-refractivity contribution is 6.36. The van der Waals surface area contributed by atoms with Gasteiger partial charge in [-0.2, -0.15) is 0 Å². The maximum absolute atomic E-state index is 11.6. The molecule has 0 aliphatic carbocycles. The number of imide groups is 1. The molecule has 6 nitrogen and oxygen atoms in total. The van der Waals surface area contributed by atoms with Crippen molar-refractivity contribution in [1.29, 1.82) is 0 Å². The average molecular weight is 342 g/mol. The number of anilines is 1. The number of nitrogens with one attached hydrogen (secondary N) is 3. The molecule has 1 aromatic heterocycles. The van der Waals surface area contributed by atoms with Gasteiger partial charge in [-0.05, 0) is 30.3 Å². The van der Waals surface area contributed by atoms with Crippen molar-refractivity contribution in [3.05, 3.63) is 52.4 Å². The minimum atomic E-state index is -0.606. The SMILES string of the molecule is O=C(CNc1ccc(Cl)cc1Cl)NC(=O)NCc1ccco1. The maximum Gasteiger partial charge on any atom is 0.321 e. The minimum Gasteiger partial charge on any atom is -0.467 e. The molecule has 0 aliphatic rings. The van der Waals surface area contributed by atoms with E-state index >= 15 is 0 Å². The maximum atomic E-state index is 11.6. The molecule has 22 heavy (non-hydrogen) atoms. The molecule has 1 heterocycles. The van der Waals surface area contributed by atoms with Crippen LogP contribution in [0, 0.1) is 0 Å². The molecule has 0 unspecified atom stereocenters. The van der Waals surface area contributed by atoms with Crippen LogP contribution in [0.15, 0.2) is 41.0 Å².